The fourth-order valence-electron chi connectivity index (χ4n) is 4.30. The van der Waals surface area contributed by atoms with E-state index in [0.717, 1.165) is 44.9 Å². The minimum absolute atomic E-state index is 0.351. The fourth-order valence-corrected chi connectivity index (χ4v) is 4.30. The minimum atomic E-state index is 0.351. The number of aromatic nitrogens is 2. The third-order valence-corrected chi connectivity index (χ3v) is 5.90. The van der Waals surface area contributed by atoms with E-state index in [4.69, 9.17) is 9.73 Å². The van der Waals surface area contributed by atoms with Crippen LogP contribution < -0.4 is 10.6 Å². The van der Waals surface area contributed by atoms with E-state index in [1.165, 1.54) is 42.6 Å². The van der Waals surface area contributed by atoms with E-state index in [2.05, 4.69) is 36.5 Å². The molecular weight excluding hydrogens is 338 g/mol. The Hall–Kier alpha value is -1.56. The molecule has 0 bridgehead atoms. The molecule has 2 rings (SSSR count). The highest BCUT2D eigenvalue weighted by Gasteiger charge is 2.33. The fraction of sp³-hybridized carbons (Fsp3) is 0.810. The van der Waals surface area contributed by atoms with Crippen LogP contribution in [0.4, 0.5) is 0 Å². The topological polar surface area (TPSA) is 63.5 Å². The Morgan fingerprint density at radius 1 is 1.19 bits per heavy atom. The third-order valence-electron chi connectivity index (χ3n) is 5.90. The molecule has 27 heavy (non-hydrogen) atoms. The van der Waals surface area contributed by atoms with Crippen molar-refractivity contribution in [1.29, 1.82) is 0 Å². The van der Waals surface area contributed by atoms with E-state index in [-0.39, 0.29) is 0 Å². The summed E-state index contributed by atoms with van der Waals surface area (Å²) in [5.41, 5.74) is 4.10. The van der Waals surface area contributed by atoms with Crippen molar-refractivity contribution in [2.24, 2.45) is 17.5 Å². The van der Waals surface area contributed by atoms with Crippen LogP contribution in [0.25, 0.3) is 0 Å². The van der Waals surface area contributed by atoms with Gasteiger partial charge in [0.15, 0.2) is 5.96 Å². The predicted molar refractivity (Wildman–Crippen MR) is 112 cm³/mol. The highest BCUT2D eigenvalue weighted by atomic mass is 16.5. The van der Waals surface area contributed by atoms with Gasteiger partial charge in [-0.2, -0.15) is 5.10 Å². The molecule has 1 heterocycles. The maximum absolute atomic E-state index is 5.36. The molecule has 0 spiro atoms. The van der Waals surface area contributed by atoms with Gasteiger partial charge < -0.3 is 15.4 Å². The second-order valence-electron chi connectivity index (χ2n) is 7.70. The molecule has 0 aromatic carbocycles. The van der Waals surface area contributed by atoms with Gasteiger partial charge in [0.05, 0.1) is 12.2 Å². The Bertz CT molecular complexity index is 602. The second-order valence-corrected chi connectivity index (χ2v) is 7.70. The number of nitrogens with one attached hydrogen (secondary N) is 2. The molecule has 154 valence electrons. The average Bonchev–Trinajstić information content (AvgIpc) is 3.26. The Morgan fingerprint density at radius 3 is 2.52 bits per heavy atom. The van der Waals surface area contributed by atoms with Crippen LogP contribution in [-0.2, 0) is 31.2 Å². The van der Waals surface area contributed by atoms with Crippen molar-refractivity contribution in [3.63, 3.8) is 0 Å². The Labute approximate surface area is 165 Å². The largest absolute Gasteiger partial charge is 0.385 e. The van der Waals surface area contributed by atoms with Crippen molar-refractivity contribution in [3.8, 4) is 0 Å². The Balaban J connectivity index is 2.08. The van der Waals surface area contributed by atoms with Gasteiger partial charge in [0.25, 0.3) is 0 Å². The first-order valence-electron chi connectivity index (χ1n) is 10.6. The maximum Gasteiger partial charge on any atom is 0.191 e. The van der Waals surface area contributed by atoms with Gasteiger partial charge in [-0.05, 0) is 44.4 Å². The average molecular weight is 378 g/mol. The van der Waals surface area contributed by atoms with Crippen LogP contribution >= 0.6 is 0 Å². The molecule has 0 amide bonds. The van der Waals surface area contributed by atoms with Crippen LogP contribution in [0.15, 0.2) is 4.99 Å². The Morgan fingerprint density at radius 2 is 1.93 bits per heavy atom. The van der Waals surface area contributed by atoms with Crippen molar-refractivity contribution < 1.29 is 4.74 Å². The lowest BCUT2D eigenvalue weighted by atomic mass is 9.83. The standard InChI is InChI=1S/C21H39N5O/c1-6-18-17(19(7-2)26(4)25-18)15-23-20(22-8-3)24-16-21(13-14-27-5)11-9-10-12-21/h6-16H2,1-5H3,(H2,22,23,24). The van der Waals surface area contributed by atoms with Crippen LogP contribution in [0.5, 0.6) is 0 Å². The summed E-state index contributed by atoms with van der Waals surface area (Å²) < 4.78 is 7.38. The first kappa shape index (κ1) is 21.7. The van der Waals surface area contributed by atoms with Gasteiger partial charge in [-0.15, -0.1) is 0 Å². The predicted octanol–water partition coefficient (Wildman–Crippen LogP) is 3.20. The molecule has 0 radical (unpaired) electrons. The zero-order valence-corrected chi connectivity index (χ0v) is 18.0. The van der Waals surface area contributed by atoms with Crippen molar-refractivity contribution in [2.75, 3.05) is 26.8 Å². The highest BCUT2D eigenvalue weighted by Crippen LogP contribution is 2.40. The third kappa shape index (κ3) is 5.71. The van der Waals surface area contributed by atoms with Gasteiger partial charge >= 0.3 is 0 Å². The number of ether oxygens (including phenoxy) is 1. The number of hydrogen-bond acceptors (Lipinski definition) is 3. The monoisotopic (exact) mass is 377 g/mol. The van der Waals surface area contributed by atoms with Crippen LogP contribution in [-0.4, -0.2) is 42.5 Å². The van der Waals surface area contributed by atoms with Crippen LogP contribution in [0, 0.1) is 5.41 Å². The number of guanidine groups is 1. The van der Waals surface area contributed by atoms with Crippen molar-refractivity contribution in [1.82, 2.24) is 20.4 Å². The number of rotatable bonds is 10. The zero-order chi connectivity index (χ0) is 19.7. The minimum Gasteiger partial charge on any atom is -0.385 e. The van der Waals surface area contributed by atoms with Gasteiger partial charge in [-0.1, -0.05) is 26.7 Å². The quantitative estimate of drug-likeness (QED) is 0.485. The van der Waals surface area contributed by atoms with E-state index in [1.54, 1.807) is 7.11 Å². The molecule has 0 saturated heterocycles. The number of methoxy groups -OCH3 is 1. The summed E-state index contributed by atoms with van der Waals surface area (Å²) >= 11 is 0. The maximum atomic E-state index is 5.36. The molecular formula is C21H39N5O. The summed E-state index contributed by atoms with van der Waals surface area (Å²) in [6.07, 6.45) is 8.28. The first-order valence-corrected chi connectivity index (χ1v) is 10.6. The summed E-state index contributed by atoms with van der Waals surface area (Å²) in [4.78, 5) is 4.90. The summed E-state index contributed by atoms with van der Waals surface area (Å²) in [7, 11) is 3.83. The molecule has 6 nitrogen and oxygen atoms in total. The summed E-state index contributed by atoms with van der Waals surface area (Å²) in [6, 6.07) is 0. The zero-order valence-electron chi connectivity index (χ0n) is 18.0. The molecule has 2 N–H and O–H groups in total. The summed E-state index contributed by atoms with van der Waals surface area (Å²) in [6.45, 7) is 9.82. The van der Waals surface area contributed by atoms with Crippen LogP contribution in [0.1, 0.15) is 69.8 Å². The lowest BCUT2D eigenvalue weighted by molar-refractivity contribution is 0.138. The lowest BCUT2D eigenvalue weighted by Gasteiger charge is -2.30. The van der Waals surface area contributed by atoms with Gasteiger partial charge in [-0.25, -0.2) is 4.99 Å². The second kappa shape index (κ2) is 10.7. The Kier molecular flexibility index (Phi) is 8.61. The van der Waals surface area contributed by atoms with Gasteiger partial charge in [0.2, 0.25) is 0 Å². The molecule has 1 aliphatic carbocycles. The molecule has 6 heteroatoms. The molecule has 1 fully saturated rings. The molecule has 1 aromatic rings. The van der Waals surface area contributed by atoms with Crippen molar-refractivity contribution in [2.45, 2.75) is 72.3 Å². The summed E-state index contributed by atoms with van der Waals surface area (Å²) in [5.74, 6) is 0.911. The molecule has 1 saturated carbocycles. The van der Waals surface area contributed by atoms with E-state index < -0.39 is 0 Å². The number of aryl methyl sites for hydroxylation is 2. The van der Waals surface area contributed by atoms with E-state index in [9.17, 15) is 0 Å². The molecule has 1 aromatic heterocycles. The summed E-state index contributed by atoms with van der Waals surface area (Å²) in [5, 5.41) is 11.7. The van der Waals surface area contributed by atoms with Crippen LogP contribution in [0.2, 0.25) is 0 Å². The number of nitrogens with zero attached hydrogens (tertiary/aromatic N) is 3. The molecule has 0 aliphatic heterocycles. The number of hydrogen-bond donors (Lipinski definition) is 2. The van der Waals surface area contributed by atoms with Crippen molar-refractivity contribution in [3.05, 3.63) is 17.0 Å². The lowest BCUT2D eigenvalue weighted by Crippen LogP contribution is -2.43. The van der Waals surface area contributed by atoms with Gasteiger partial charge in [0, 0.05) is 45.1 Å². The van der Waals surface area contributed by atoms with Crippen LogP contribution in [0.3, 0.4) is 0 Å². The van der Waals surface area contributed by atoms with E-state index in [1.807, 2.05) is 11.7 Å². The molecule has 0 unspecified atom stereocenters. The van der Waals surface area contributed by atoms with Crippen molar-refractivity contribution >= 4 is 5.96 Å². The SMILES string of the molecule is CCNC(=NCc1c(CC)nn(C)c1CC)NCC1(CCOC)CCCC1. The molecule has 0 atom stereocenters. The highest BCUT2D eigenvalue weighted by molar-refractivity contribution is 5.79. The van der Waals surface area contributed by atoms with E-state index >= 15 is 0 Å². The first-order chi connectivity index (χ1) is 13.1. The smallest absolute Gasteiger partial charge is 0.191 e. The van der Waals surface area contributed by atoms with Gasteiger partial charge in [0.1, 0.15) is 0 Å². The normalized spacial score (nSPS) is 16.7. The molecule has 1 aliphatic rings. The van der Waals surface area contributed by atoms with Gasteiger partial charge in [-0.3, -0.25) is 4.68 Å². The number of aliphatic imine (C=N–C) groups is 1. The van der Waals surface area contributed by atoms with E-state index in [0.29, 0.717) is 12.0 Å².